The second-order valence-electron chi connectivity index (χ2n) is 8.73. The van der Waals surface area contributed by atoms with Crippen molar-refractivity contribution in [3.63, 3.8) is 0 Å². The summed E-state index contributed by atoms with van der Waals surface area (Å²) in [5, 5.41) is 2.44. The van der Waals surface area contributed by atoms with E-state index in [-0.39, 0.29) is 18.1 Å². The summed E-state index contributed by atoms with van der Waals surface area (Å²) in [5.41, 5.74) is 1.42. The molecule has 3 saturated heterocycles. The molecule has 28 heavy (non-hydrogen) atoms. The van der Waals surface area contributed by atoms with Crippen LogP contribution in [0.2, 0.25) is 0 Å². The van der Waals surface area contributed by atoms with Crippen LogP contribution in [-0.2, 0) is 21.3 Å². The fourth-order valence-electron chi connectivity index (χ4n) is 4.77. The fourth-order valence-corrected chi connectivity index (χ4v) is 7.24. The standard InChI is InChI=1S/C20H29N3O4S/c1-14(2)10-23-13-20-12-22(11-17(27-20)8-18(20)28(23,25)26)19(24)21-9-16-7-5-4-6-15(16)3/h4-7,14,17-18H,8-13H2,1-3H3,(H,21,24)/t17-,18+,20+/m0/s1. The summed E-state index contributed by atoms with van der Waals surface area (Å²) in [6.07, 6.45) is 0.261. The van der Waals surface area contributed by atoms with Crippen LogP contribution in [0.25, 0.3) is 0 Å². The Morgan fingerprint density at radius 2 is 2.07 bits per heavy atom. The molecular weight excluding hydrogens is 378 g/mol. The average molecular weight is 408 g/mol. The molecule has 0 radical (unpaired) electrons. The number of aryl methyl sites for hydroxylation is 1. The summed E-state index contributed by atoms with van der Waals surface area (Å²) in [6.45, 7) is 8.10. The van der Waals surface area contributed by atoms with Crippen molar-refractivity contribution >= 4 is 16.1 Å². The average Bonchev–Trinajstić information content (AvgIpc) is 2.99. The lowest BCUT2D eigenvalue weighted by atomic mass is 9.99. The zero-order valence-electron chi connectivity index (χ0n) is 16.7. The number of nitrogens with zero attached hydrogens (tertiary/aromatic N) is 2. The molecule has 0 aromatic heterocycles. The van der Waals surface area contributed by atoms with Crippen molar-refractivity contribution in [1.29, 1.82) is 0 Å². The molecule has 1 aromatic rings. The van der Waals surface area contributed by atoms with E-state index >= 15 is 0 Å². The Hall–Kier alpha value is -1.64. The van der Waals surface area contributed by atoms with Gasteiger partial charge in [-0.1, -0.05) is 38.1 Å². The second-order valence-corrected chi connectivity index (χ2v) is 10.8. The molecule has 3 aliphatic rings. The Bertz CT molecular complexity index is 872. The number of amides is 2. The maximum absolute atomic E-state index is 13.0. The zero-order chi connectivity index (χ0) is 20.1. The van der Waals surface area contributed by atoms with Gasteiger partial charge in [-0.15, -0.1) is 0 Å². The largest absolute Gasteiger partial charge is 0.365 e. The van der Waals surface area contributed by atoms with Crippen LogP contribution in [0.1, 0.15) is 31.4 Å². The molecule has 4 rings (SSSR count). The topological polar surface area (TPSA) is 79.0 Å². The van der Waals surface area contributed by atoms with Gasteiger partial charge < -0.3 is 15.0 Å². The lowest BCUT2D eigenvalue weighted by Crippen LogP contribution is -2.58. The minimum Gasteiger partial charge on any atom is -0.365 e. The highest BCUT2D eigenvalue weighted by Gasteiger charge is 2.65. The van der Waals surface area contributed by atoms with E-state index in [4.69, 9.17) is 4.74 Å². The number of hydrogen-bond donors (Lipinski definition) is 1. The van der Waals surface area contributed by atoms with E-state index in [0.29, 0.717) is 39.1 Å². The predicted octanol–water partition coefficient (Wildman–Crippen LogP) is 1.72. The van der Waals surface area contributed by atoms with Gasteiger partial charge in [0.2, 0.25) is 10.0 Å². The highest BCUT2D eigenvalue weighted by atomic mass is 32.2. The van der Waals surface area contributed by atoms with E-state index in [1.54, 1.807) is 9.21 Å². The van der Waals surface area contributed by atoms with Crippen LogP contribution in [0.5, 0.6) is 0 Å². The summed E-state index contributed by atoms with van der Waals surface area (Å²) in [7, 11) is -3.38. The fraction of sp³-hybridized carbons (Fsp3) is 0.650. The molecule has 3 heterocycles. The number of benzene rings is 1. The maximum atomic E-state index is 13.0. The zero-order valence-corrected chi connectivity index (χ0v) is 17.5. The molecule has 2 amide bonds. The third-order valence-electron chi connectivity index (χ3n) is 6.06. The summed E-state index contributed by atoms with van der Waals surface area (Å²) >= 11 is 0. The molecule has 8 heteroatoms. The van der Waals surface area contributed by atoms with Crippen molar-refractivity contribution < 1.29 is 17.9 Å². The van der Waals surface area contributed by atoms with Gasteiger partial charge in [0.1, 0.15) is 10.9 Å². The molecule has 3 aliphatic heterocycles. The second kappa shape index (κ2) is 7.00. The van der Waals surface area contributed by atoms with Gasteiger partial charge in [0.05, 0.1) is 12.6 Å². The number of carbonyl (C=O) groups excluding carboxylic acids is 1. The van der Waals surface area contributed by atoms with Crippen molar-refractivity contribution in [2.75, 3.05) is 26.2 Å². The molecule has 7 nitrogen and oxygen atoms in total. The van der Waals surface area contributed by atoms with Crippen LogP contribution in [0.15, 0.2) is 24.3 Å². The molecule has 2 bridgehead atoms. The molecule has 0 saturated carbocycles. The number of rotatable bonds is 4. The SMILES string of the molecule is Cc1ccccc1CNC(=O)N1C[C@@H]2C[C@@H]3[C@@](C1)(CN(CC(C)C)S3(=O)=O)O2. The first-order valence-electron chi connectivity index (χ1n) is 9.95. The first-order chi connectivity index (χ1) is 13.2. The smallest absolute Gasteiger partial charge is 0.317 e. The van der Waals surface area contributed by atoms with E-state index in [9.17, 15) is 13.2 Å². The number of nitrogens with one attached hydrogen (secondary N) is 1. The van der Waals surface area contributed by atoms with Crippen molar-refractivity contribution in [2.45, 2.75) is 50.7 Å². The molecular formula is C20H29N3O4S. The number of morpholine rings is 1. The molecule has 3 fully saturated rings. The Morgan fingerprint density at radius 3 is 2.79 bits per heavy atom. The van der Waals surface area contributed by atoms with Crippen molar-refractivity contribution in [3.05, 3.63) is 35.4 Å². The number of ether oxygens (including phenoxy) is 1. The first-order valence-corrected chi connectivity index (χ1v) is 11.5. The normalized spacial score (nSPS) is 31.2. The Morgan fingerprint density at radius 1 is 1.32 bits per heavy atom. The van der Waals surface area contributed by atoms with Crippen molar-refractivity contribution in [2.24, 2.45) is 5.92 Å². The van der Waals surface area contributed by atoms with E-state index in [0.717, 1.165) is 11.1 Å². The van der Waals surface area contributed by atoms with Gasteiger partial charge in [0.25, 0.3) is 0 Å². The van der Waals surface area contributed by atoms with E-state index in [1.807, 2.05) is 45.0 Å². The minimum atomic E-state index is -3.38. The molecule has 154 valence electrons. The van der Waals surface area contributed by atoms with Crippen LogP contribution in [0, 0.1) is 12.8 Å². The quantitative estimate of drug-likeness (QED) is 0.824. The number of hydrogen-bond acceptors (Lipinski definition) is 4. The van der Waals surface area contributed by atoms with Gasteiger partial charge in [0, 0.05) is 26.2 Å². The van der Waals surface area contributed by atoms with Crippen molar-refractivity contribution in [3.8, 4) is 0 Å². The van der Waals surface area contributed by atoms with Crippen LogP contribution in [-0.4, -0.2) is 66.8 Å². The number of sulfonamides is 1. The van der Waals surface area contributed by atoms with Gasteiger partial charge in [-0.05, 0) is 30.4 Å². The summed E-state index contributed by atoms with van der Waals surface area (Å²) < 4.78 is 33.7. The lowest BCUT2D eigenvalue weighted by Gasteiger charge is -2.39. The van der Waals surface area contributed by atoms with Gasteiger partial charge >= 0.3 is 6.03 Å². The van der Waals surface area contributed by atoms with Gasteiger partial charge in [-0.2, -0.15) is 4.31 Å². The third kappa shape index (κ3) is 3.31. The number of likely N-dealkylation sites (tertiary alicyclic amines) is 1. The number of carbonyl (C=O) groups is 1. The molecule has 3 atom stereocenters. The Kier molecular flexibility index (Phi) is 4.92. The predicted molar refractivity (Wildman–Crippen MR) is 106 cm³/mol. The molecule has 1 aromatic carbocycles. The molecule has 1 N–H and O–H groups in total. The summed E-state index contributed by atoms with van der Waals surface area (Å²) in [6, 6.07) is 7.80. The van der Waals surface area contributed by atoms with Gasteiger partial charge in [-0.25, -0.2) is 13.2 Å². The molecule has 0 unspecified atom stereocenters. The van der Waals surface area contributed by atoms with E-state index < -0.39 is 20.9 Å². The van der Waals surface area contributed by atoms with Crippen LogP contribution >= 0.6 is 0 Å². The monoisotopic (exact) mass is 407 g/mol. The van der Waals surface area contributed by atoms with Gasteiger partial charge in [0.15, 0.2) is 0 Å². The summed E-state index contributed by atoms with van der Waals surface area (Å²) in [5.74, 6) is 0.248. The number of fused-ring (bicyclic) bond motifs is 1. The van der Waals surface area contributed by atoms with E-state index in [1.165, 1.54) is 0 Å². The highest BCUT2D eigenvalue weighted by molar-refractivity contribution is 7.90. The lowest BCUT2D eigenvalue weighted by molar-refractivity contribution is -0.0957. The Balaban J connectivity index is 1.47. The molecule has 1 spiro atoms. The molecule has 0 aliphatic carbocycles. The summed E-state index contributed by atoms with van der Waals surface area (Å²) in [4.78, 5) is 14.5. The van der Waals surface area contributed by atoms with E-state index in [2.05, 4.69) is 5.32 Å². The van der Waals surface area contributed by atoms with Crippen LogP contribution < -0.4 is 5.32 Å². The Labute approximate surface area is 167 Å². The van der Waals surface area contributed by atoms with Crippen molar-refractivity contribution in [1.82, 2.24) is 14.5 Å². The third-order valence-corrected chi connectivity index (χ3v) is 8.40. The first kappa shape index (κ1) is 19.7. The van der Waals surface area contributed by atoms with Crippen LogP contribution in [0.4, 0.5) is 4.79 Å². The van der Waals surface area contributed by atoms with Crippen LogP contribution in [0.3, 0.4) is 0 Å². The number of urea groups is 1. The van der Waals surface area contributed by atoms with Gasteiger partial charge in [-0.3, -0.25) is 0 Å². The minimum absolute atomic E-state index is 0.156. The highest BCUT2D eigenvalue weighted by Crippen LogP contribution is 2.46. The maximum Gasteiger partial charge on any atom is 0.317 e.